The van der Waals surface area contributed by atoms with Gasteiger partial charge < -0.3 is 20.1 Å². The fourth-order valence-electron chi connectivity index (χ4n) is 2.70. The molecule has 1 aromatic carbocycles. The summed E-state index contributed by atoms with van der Waals surface area (Å²) >= 11 is 0. The molecule has 6 heteroatoms. The second-order valence-electron chi connectivity index (χ2n) is 6.07. The second kappa shape index (κ2) is 5.23. The maximum absolute atomic E-state index is 10.2. The van der Waals surface area contributed by atoms with Gasteiger partial charge in [-0.15, -0.1) is 0 Å². The molecule has 22 heavy (non-hydrogen) atoms. The lowest BCUT2D eigenvalue weighted by atomic mass is 10.1. The van der Waals surface area contributed by atoms with Crippen LogP contribution in [0.15, 0.2) is 24.3 Å². The number of nitrogens with two attached hydrogens (primary N) is 1. The number of aromatic nitrogens is 3. The molecule has 0 aliphatic heterocycles. The first-order valence-electron chi connectivity index (χ1n) is 7.15. The monoisotopic (exact) mass is 300 g/mol. The average Bonchev–Trinajstić information content (AvgIpc) is 2.77. The van der Waals surface area contributed by atoms with Gasteiger partial charge in [0.15, 0.2) is 5.82 Å². The van der Waals surface area contributed by atoms with E-state index < -0.39 is 5.60 Å². The summed E-state index contributed by atoms with van der Waals surface area (Å²) in [7, 11) is 1.62. The van der Waals surface area contributed by atoms with Crippen molar-refractivity contribution in [3.05, 3.63) is 30.1 Å². The van der Waals surface area contributed by atoms with Crippen molar-refractivity contribution in [1.82, 2.24) is 14.5 Å². The molecule has 0 aliphatic rings. The molecule has 0 amide bonds. The minimum Gasteiger partial charge on any atom is -0.389 e. The third kappa shape index (κ3) is 2.51. The van der Waals surface area contributed by atoms with E-state index in [0.29, 0.717) is 24.5 Å². The molecule has 6 nitrogen and oxygen atoms in total. The van der Waals surface area contributed by atoms with Gasteiger partial charge in [-0.05, 0) is 19.9 Å². The van der Waals surface area contributed by atoms with Gasteiger partial charge in [0.1, 0.15) is 17.9 Å². The van der Waals surface area contributed by atoms with Crippen molar-refractivity contribution in [2.24, 2.45) is 0 Å². The van der Waals surface area contributed by atoms with Crippen LogP contribution in [-0.2, 0) is 17.9 Å². The molecule has 0 aliphatic carbocycles. The van der Waals surface area contributed by atoms with E-state index >= 15 is 0 Å². The van der Waals surface area contributed by atoms with Gasteiger partial charge in [-0.1, -0.05) is 18.2 Å². The predicted molar refractivity (Wildman–Crippen MR) is 86.5 cm³/mol. The topological polar surface area (TPSA) is 86.2 Å². The van der Waals surface area contributed by atoms with E-state index in [9.17, 15) is 5.11 Å². The minimum atomic E-state index is -0.880. The van der Waals surface area contributed by atoms with Crippen LogP contribution in [0.2, 0.25) is 0 Å². The molecule has 3 aromatic rings. The lowest BCUT2D eigenvalue weighted by Crippen LogP contribution is -2.27. The third-order valence-corrected chi connectivity index (χ3v) is 3.51. The fourth-order valence-corrected chi connectivity index (χ4v) is 2.70. The highest BCUT2D eigenvalue weighted by molar-refractivity contribution is 6.06. The molecule has 2 aromatic heterocycles. The number of anilines is 1. The Labute approximate surface area is 128 Å². The lowest BCUT2D eigenvalue weighted by molar-refractivity contribution is 0.0597. The Bertz CT molecular complexity index is 833. The number of benzene rings is 1. The highest BCUT2D eigenvalue weighted by atomic mass is 16.5. The van der Waals surface area contributed by atoms with E-state index in [-0.39, 0.29) is 0 Å². The van der Waals surface area contributed by atoms with Gasteiger partial charge >= 0.3 is 0 Å². The van der Waals surface area contributed by atoms with Crippen LogP contribution in [0.25, 0.3) is 21.9 Å². The number of aliphatic hydroxyl groups is 1. The van der Waals surface area contributed by atoms with Crippen molar-refractivity contribution < 1.29 is 9.84 Å². The van der Waals surface area contributed by atoms with Gasteiger partial charge in [0, 0.05) is 12.5 Å². The summed E-state index contributed by atoms with van der Waals surface area (Å²) in [6.07, 6.45) is 0. The number of hydrogen-bond acceptors (Lipinski definition) is 5. The quantitative estimate of drug-likeness (QED) is 0.770. The summed E-state index contributed by atoms with van der Waals surface area (Å²) in [6.45, 7) is 4.28. The Morgan fingerprint density at radius 3 is 2.68 bits per heavy atom. The summed E-state index contributed by atoms with van der Waals surface area (Å²) in [6, 6.07) is 7.79. The number of nitrogens with zero attached hydrogens (tertiary/aromatic N) is 3. The Kier molecular flexibility index (Phi) is 3.50. The van der Waals surface area contributed by atoms with Crippen LogP contribution in [0.5, 0.6) is 0 Å². The average molecular weight is 300 g/mol. The highest BCUT2D eigenvalue weighted by Crippen LogP contribution is 2.30. The number of methoxy groups -OCH3 is 1. The van der Waals surface area contributed by atoms with E-state index in [4.69, 9.17) is 10.5 Å². The van der Waals surface area contributed by atoms with Crippen molar-refractivity contribution in [2.45, 2.75) is 32.6 Å². The molecule has 0 bridgehead atoms. The number of nitrogen functional groups attached to an aromatic ring is 1. The number of imidazole rings is 1. The zero-order chi connectivity index (χ0) is 15.9. The number of pyridine rings is 1. The highest BCUT2D eigenvalue weighted by Gasteiger charge is 2.22. The smallest absolute Gasteiger partial charge is 0.152 e. The maximum atomic E-state index is 10.2. The van der Waals surface area contributed by atoms with Crippen molar-refractivity contribution in [1.29, 1.82) is 0 Å². The summed E-state index contributed by atoms with van der Waals surface area (Å²) in [5.41, 5.74) is 7.54. The summed E-state index contributed by atoms with van der Waals surface area (Å²) in [4.78, 5) is 8.99. The molecule has 0 fully saturated rings. The number of hydrogen-bond donors (Lipinski definition) is 2. The van der Waals surface area contributed by atoms with Gasteiger partial charge in [-0.3, -0.25) is 0 Å². The third-order valence-electron chi connectivity index (χ3n) is 3.51. The Hall–Kier alpha value is -2.18. The van der Waals surface area contributed by atoms with Crippen LogP contribution in [0, 0.1) is 0 Å². The van der Waals surface area contributed by atoms with Crippen molar-refractivity contribution in [2.75, 3.05) is 12.8 Å². The van der Waals surface area contributed by atoms with Crippen molar-refractivity contribution in [3.63, 3.8) is 0 Å². The molecular formula is C16H20N4O2. The summed E-state index contributed by atoms with van der Waals surface area (Å²) < 4.78 is 7.21. The predicted octanol–water partition coefficient (Wildman–Crippen LogP) is 2.08. The van der Waals surface area contributed by atoms with Crippen LogP contribution >= 0.6 is 0 Å². The largest absolute Gasteiger partial charge is 0.389 e. The molecule has 0 radical (unpaired) electrons. The number of rotatable bonds is 4. The van der Waals surface area contributed by atoms with Gasteiger partial charge in [0.25, 0.3) is 0 Å². The van der Waals surface area contributed by atoms with E-state index in [0.717, 1.165) is 22.2 Å². The zero-order valence-electron chi connectivity index (χ0n) is 13.0. The molecule has 0 spiro atoms. The van der Waals surface area contributed by atoms with Gasteiger partial charge in [-0.25, -0.2) is 9.97 Å². The van der Waals surface area contributed by atoms with E-state index in [1.54, 1.807) is 21.0 Å². The van der Waals surface area contributed by atoms with Crippen LogP contribution in [0.1, 0.15) is 19.7 Å². The van der Waals surface area contributed by atoms with Gasteiger partial charge in [0.05, 0.1) is 23.2 Å². The molecule has 3 N–H and O–H groups in total. The Morgan fingerprint density at radius 1 is 1.27 bits per heavy atom. The lowest BCUT2D eigenvalue weighted by Gasteiger charge is -2.20. The summed E-state index contributed by atoms with van der Waals surface area (Å²) in [5, 5.41) is 11.2. The van der Waals surface area contributed by atoms with Crippen LogP contribution in [0.4, 0.5) is 5.82 Å². The van der Waals surface area contributed by atoms with E-state index in [1.165, 1.54) is 0 Å². The second-order valence-corrected chi connectivity index (χ2v) is 6.07. The summed E-state index contributed by atoms with van der Waals surface area (Å²) in [5.74, 6) is 1.12. The molecule has 3 rings (SSSR count). The van der Waals surface area contributed by atoms with Gasteiger partial charge in [0.2, 0.25) is 0 Å². The van der Waals surface area contributed by atoms with Crippen molar-refractivity contribution >= 4 is 27.8 Å². The Balaban J connectivity index is 2.39. The molecule has 0 unspecified atom stereocenters. The van der Waals surface area contributed by atoms with E-state index in [1.807, 2.05) is 28.8 Å². The SMILES string of the molecule is COCc1nc2c(N)nc3ccccc3c2n1CC(C)(C)O. The molecular weight excluding hydrogens is 280 g/mol. The normalized spacial score (nSPS) is 12.4. The first-order valence-corrected chi connectivity index (χ1v) is 7.15. The van der Waals surface area contributed by atoms with Crippen LogP contribution in [0.3, 0.4) is 0 Å². The molecule has 0 atom stereocenters. The number of para-hydroxylation sites is 1. The standard InChI is InChI=1S/C16H20N4O2/c1-16(2,21)9-20-12(8-22-3)19-13-14(20)10-6-4-5-7-11(10)18-15(13)17/h4-7,21H,8-9H2,1-3H3,(H2,17,18). The van der Waals surface area contributed by atoms with Crippen molar-refractivity contribution in [3.8, 4) is 0 Å². The fraction of sp³-hybridized carbons (Fsp3) is 0.375. The first kappa shape index (κ1) is 14.7. The first-order chi connectivity index (χ1) is 10.4. The number of fused-ring (bicyclic) bond motifs is 3. The van der Waals surface area contributed by atoms with E-state index in [2.05, 4.69) is 9.97 Å². The minimum absolute atomic E-state index is 0.346. The van der Waals surface area contributed by atoms with Crippen LogP contribution < -0.4 is 5.73 Å². The maximum Gasteiger partial charge on any atom is 0.152 e. The number of ether oxygens (including phenoxy) is 1. The molecule has 2 heterocycles. The molecule has 0 saturated heterocycles. The molecule has 116 valence electrons. The van der Waals surface area contributed by atoms with Gasteiger partial charge in [-0.2, -0.15) is 0 Å². The Morgan fingerprint density at radius 2 is 2.00 bits per heavy atom. The molecule has 0 saturated carbocycles. The van der Waals surface area contributed by atoms with Crippen LogP contribution in [-0.4, -0.2) is 32.4 Å². The zero-order valence-corrected chi connectivity index (χ0v) is 13.0.